The predicted molar refractivity (Wildman–Crippen MR) is 41.5 cm³/mol. The van der Waals surface area contributed by atoms with E-state index in [1.54, 1.807) is 6.92 Å². The van der Waals surface area contributed by atoms with Crippen LogP contribution in [-0.2, 0) is 11.2 Å². The molecule has 1 aromatic heterocycles. The molecule has 0 fully saturated rings. The van der Waals surface area contributed by atoms with E-state index in [4.69, 9.17) is 11.6 Å². The fourth-order valence-electron chi connectivity index (χ4n) is 0.787. The molecule has 1 aromatic rings. The van der Waals surface area contributed by atoms with E-state index < -0.39 is 0 Å². The molecule has 58 valence electrons. The Labute approximate surface area is 69.4 Å². The molecule has 0 saturated heterocycles. The van der Waals surface area contributed by atoms with Crippen LogP contribution in [0, 0.1) is 6.92 Å². The molecule has 1 heterocycles. The van der Waals surface area contributed by atoms with E-state index in [-0.39, 0.29) is 6.42 Å². The highest BCUT2D eigenvalue weighted by atomic mass is 35.5. The number of halogens is 1. The van der Waals surface area contributed by atoms with Crippen molar-refractivity contribution in [3.05, 3.63) is 22.7 Å². The van der Waals surface area contributed by atoms with Gasteiger partial charge in [-0.1, -0.05) is 11.6 Å². The maximum Gasteiger partial charge on any atom is 0.136 e. The van der Waals surface area contributed by atoms with E-state index >= 15 is 0 Å². The second-order valence-electron chi connectivity index (χ2n) is 2.10. The molecule has 11 heavy (non-hydrogen) atoms. The van der Waals surface area contributed by atoms with Crippen LogP contribution in [0.25, 0.3) is 0 Å². The van der Waals surface area contributed by atoms with Crippen LogP contribution in [-0.4, -0.2) is 16.3 Å². The van der Waals surface area contributed by atoms with Crippen LogP contribution >= 0.6 is 11.6 Å². The Morgan fingerprint density at radius 3 is 2.91 bits per heavy atom. The van der Waals surface area contributed by atoms with Crippen molar-refractivity contribution >= 4 is 17.9 Å². The molecule has 0 atom stereocenters. The number of carbonyl (C=O) groups is 1. The number of aldehydes is 1. The maximum atomic E-state index is 10.2. The summed E-state index contributed by atoms with van der Waals surface area (Å²) in [5.74, 6) is 0. The fourth-order valence-corrected chi connectivity index (χ4v) is 1.04. The first-order valence-corrected chi connectivity index (χ1v) is 3.53. The molecule has 0 aliphatic rings. The first-order valence-electron chi connectivity index (χ1n) is 3.15. The average molecular weight is 171 g/mol. The molecule has 0 aliphatic carbocycles. The zero-order valence-corrected chi connectivity index (χ0v) is 6.80. The summed E-state index contributed by atoms with van der Waals surface area (Å²) in [5, 5.41) is 0.365. The lowest BCUT2D eigenvalue weighted by Crippen LogP contribution is -1.96. The van der Waals surface area contributed by atoms with Gasteiger partial charge < -0.3 is 4.79 Å². The minimum Gasteiger partial charge on any atom is -0.303 e. The normalized spacial score (nSPS) is 9.64. The summed E-state index contributed by atoms with van der Waals surface area (Å²) >= 11 is 5.70. The van der Waals surface area contributed by atoms with E-state index in [2.05, 4.69) is 9.97 Å². The van der Waals surface area contributed by atoms with Crippen molar-refractivity contribution in [3.8, 4) is 0 Å². The third-order valence-corrected chi connectivity index (χ3v) is 1.72. The van der Waals surface area contributed by atoms with E-state index in [1.165, 1.54) is 6.33 Å². The zero-order chi connectivity index (χ0) is 8.27. The number of rotatable bonds is 2. The summed E-state index contributed by atoms with van der Waals surface area (Å²) < 4.78 is 0. The van der Waals surface area contributed by atoms with Gasteiger partial charge >= 0.3 is 0 Å². The lowest BCUT2D eigenvalue weighted by atomic mass is 10.2. The van der Waals surface area contributed by atoms with E-state index in [1.807, 2.05) is 0 Å². The monoisotopic (exact) mass is 170 g/mol. The van der Waals surface area contributed by atoms with Gasteiger partial charge in [0.05, 0.1) is 0 Å². The van der Waals surface area contributed by atoms with Crippen LogP contribution in [0.1, 0.15) is 11.3 Å². The number of hydrogen-bond donors (Lipinski definition) is 0. The molecule has 1 rings (SSSR count). The van der Waals surface area contributed by atoms with E-state index in [9.17, 15) is 4.79 Å². The number of carbonyl (C=O) groups excluding carboxylic acids is 1. The third kappa shape index (κ3) is 1.74. The van der Waals surface area contributed by atoms with Crippen molar-refractivity contribution in [1.82, 2.24) is 9.97 Å². The maximum absolute atomic E-state index is 10.2. The largest absolute Gasteiger partial charge is 0.303 e. The Morgan fingerprint density at radius 2 is 2.36 bits per heavy atom. The Balaban J connectivity index is 3.09. The van der Waals surface area contributed by atoms with Crippen LogP contribution in [0.5, 0.6) is 0 Å². The smallest absolute Gasteiger partial charge is 0.136 e. The van der Waals surface area contributed by atoms with E-state index in [0.717, 1.165) is 12.0 Å². The van der Waals surface area contributed by atoms with Gasteiger partial charge in [0.15, 0.2) is 0 Å². The summed E-state index contributed by atoms with van der Waals surface area (Å²) in [6.07, 6.45) is 2.45. The van der Waals surface area contributed by atoms with Gasteiger partial charge in [-0.3, -0.25) is 0 Å². The van der Waals surface area contributed by atoms with Gasteiger partial charge in [-0.2, -0.15) is 0 Å². The summed E-state index contributed by atoms with van der Waals surface area (Å²) in [6.45, 7) is 1.80. The minimum atomic E-state index is 0.283. The molecule has 0 aliphatic heterocycles. The van der Waals surface area contributed by atoms with Gasteiger partial charge in [-0.15, -0.1) is 0 Å². The Bertz CT molecular complexity index is 255. The van der Waals surface area contributed by atoms with Crippen LogP contribution in [0.15, 0.2) is 6.33 Å². The summed E-state index contributed by atoms with van der Waals surface area (Å²) in [6, 6.07) is 0. The van der Waals surface area contributed by atoms with Crippen molar-refractivity contribution in [2.24, 2.45) is 0 Å². The second-order valence-corrected chi connectivity index (χ2v) is 2.46. The first-order chi connectivity index (χ1) is 5.25. The first kappa shape index (κ1) is 8.14. The van der Waals surface area contributed by atoms with Gasteiger partial charge in [0.25, 0.3) is 0 Å². The molecule has 3 nitrogen and oxygen atoms in total. The summed E-state index contributed by atoms with van der Waals surface area (Å²) in [7, 11) is 0. The molecule has 0 bridgehead atoms. The van der Waals surface area contributed by atoms with Crippen molar-refractivity contribution in [2.45, 2.75) is 13.3 Å². The van der Waals surface area contributed by atoms with Gasteiger partial charge in [0.1, 0.15) is 17.8 Å². The van der Waals surface area contributed by atoms with Crippen LogP contribution < -0.4 is 0 Å². The van der Waals surface area contributed by atoms with Crippen LogP contribution in [0.3, 0.4) is 0 Å². The van der Waals surface area contributed by atoms with Gasteiger partial charge in [-0.05, 0) is 6.92 Å². The highest BCUT2D eigenvalue weighted by Gasteiger charge is 2.03. The van der Waals surface area contributed by atoms with Crippen LogP contribution in [0.2, 0.25) is 5.15 Å². The molecule has 0 N–H and O–H groups in total. The highest BCUT2D eigenvalue weighted by molar-refractivity contribution is 6.30. The summed E-state index contributed by atoms with van der Waals surface area (Å²) in [5.41, 5.74) is 1.47. The van der Waals surface area contributed by atoms with Crippen molar-refractivity contribution in [2.75, 3.05) is 0 Å². The highest BCUT2D eigenvalue weighted by Crippen LogP contribution is 2.13. The summed E-state index contributed by atoms with van der Waals surface area (Å²) in [4.78, 5) is 17.8. The zero-order valence-electron chi connectivity index (χ0n) is 6.04. The van der Waals surface area contributed by atoms with Crippen LogP contribution in [0.4, 0.5) is 0 Å². The topological polar surface area (TPSA) is 42.9 Å². The van der Waals surface area contributed by atoms with E-state index in [0.29, 0.717) is 10.7 Å². The number of nitrogens with zero attached hydrogens (tertiary/aromatic N) is 2. The molecule has 4 heteroatoms. The third-order valence-electron chi connectivity index (χ3n) is 1.40. The van der Waals surface area contributed by atoms with Gasteiger partial charge in [0, 0.05) is 17.7 Å². The van der Waals surface area contributed by atoms with Crippen molar-refractivity contribution in [3.63, 3.8) is 0 Å². The Morgan fingerprint density at radius 1 is 1.64 bits per heavy atom. The second kappa shape index (κ2) is 3.44. The molecular formula is C7H7ClN2O. The standard InChI is InChI=1S/C7H7ClN2O/c1-5-6(2-3-11)7(8)10-4-9-5/h3-4H,2H2,1H3. The lowest BCUT2D eigenvalue weighted by Gasteiger charge is -2.00. The quantitative estimate of drug-likeness (QED) is 0.495. The molecule has 0 spiro atoms. The lowest BCUT2D eigenvalue weighted by molar-refractivity contribution is -0.107. The molecule has 0 aromatic carbocycles. The molecule has 0 unspecified atom stereocenters. The fraction of sp³-hybridized carbons (Fsp3) is 0.286. The number of aryl methyl sites for hydroxylation is 1. The molecule has 0 amide bonds. The van der Waals surface area contributed by atoms with Crippen molar-refractivity contribution in [1.29, 1.82) is 0 Å². The molecule has 0 radical (unpaired) electrons. The van der Waals surface area contributed by atoms with Gasteiger partial charge in [0.2, 0.25) is 0 Å². The number of hydrogen-bond acceptors (Lipinski definition) is 3. The van der Waals surface area contributed by atoms with Crippen molar-refractivity contribution < 1.29 is 4.79 Å². The number of aromatic nitrogens is 2. The molecule has 0 saturated carbocycles. The van der Waals surface area contributed by atoms with Gasteiger partial charge in [-0.25, -0.2) is 9.97 Å². The Kier molecular flexibility index (Phi) is 2.54. The average Bonchev–Trinajstić information content (AvgIpc) is 1.97. The SMILES string of the molecule is Cc1ncnc(Cl)c1CC=O. The minimum absolute atomic E-state index is 0.283. The Hall–Kier alpha value is -0.960. The predicted octanol–water partition coefficient (Wildman–Crippen LogP) is 1.18. The molecular weight excluding hydrogens is 164 g/mol.